The van der Waals surface area contributed by atoms with E-state index in [-0.39, 0.29) is 23.0 Å². The highest BCUT2D eigenvalue weighted by Gasteiger charge is 2.53. The number of rotatable bonds is 4. The summed E-state index contributed by atoms with van der Waals surface area (Å²) in [5, 5.41) is 3.08. The summed E-state index contributed by atoms with van der Waals surface area (Å²) in [6, 6.07) is 0.110. The van der Waals surface area contributed by atoms with Gasteiger partial charge in [0.15, 0.2) is 0 Å². The molecule has 0 spiro atoms. The van der Waals surface area contributed by atoms with Gasteiger partial charge in [-0.25, -0.2) is 4.79 Å². The lowest BCUT2D eigenvalue weighted by Crippen LogP contribution is -2.51. The second-order valence-corrected chi connectivity index (χ2v) is 7.85. The van der Waals surface area contributed by atoms with Gasteiger partial charge in [-0.2, -0.15) is 0 Å². The minimum atomic E-state index is -0.461. The molecule has 19 heavy (non-hydrogen) atoms. The van der Waals surface area contributed by atoms with Gasteiger partial charge in [0.05, 0.1) is 0 Å². The lowest BCUT2D eigenvalue weighted by Gasteiger charge is -2.38. The molecule has 112 valence electrons. The molecule has 0 bridgehead atoms. The molecule has 1 aliphatic carbocycles. The smallest absolute Gasteiger partial charge is 0.407 e. The molecular formula is C15H30N2O2. The topological polar surface area (TPSA) is 64.3 Å². The average molecular weight is 270 g/mol. The first kappa shape index (κ1) is 16.3. The van der Waals surface area contributed by atoms with Crippen molar-refractivity contribution in [3.63, 3.8) is 0 Å². The summed E-state index contributed by atoms with van der Waals surface area (Å²) in [6.45, 7) is 12.8. The fraction of sp³-hybridized carbons (Fsp3) is 0.933. The van der Waals surface area contributed by atoms with Gasteiger partial charge in [-0.15, -0.1) is 0 Å². The Morgan fingerprint density at radius 3 is 2.11 bits per heavy atom. The standard InChI is InChI=1S/C15H30N2O2/c1-13(2,3)11(15(7-8-15)9-10-16)17-12(18)19-14(4,5)6/h11H,7-10,16H2,1-6H3,(H,17,18). The molecule has 1 saturated carbocycles. The van der Waals surface area contributed by atoms with E-state index in [0.29, 0.717) is 6.54 Å². The molecule has 3 N–H and O–H groups in total. The Morgan fingerprint density at radius 1 is 1.26 bits per heavy atom. The van der Waals surface area contributed by atoms with Crippen LogP contribution in [0.1, 0.15) is 60.8 Å². The van der Waals surface area contributed by atoms with Crippen molar-refractivity contribution in [2.24, 2.45) is 16.6 Å². The van der Waals surface area contributed by atoms with Crippen molar-refractivity contribution in [2.45, 2.75) is 72.4 Å². The molecular weight excluding hydrogens is 240 g/mol. The van der Waals surface area contributed by atoms with Gasteiger partial charge in [0.2, 0.25) is 0 Å². The molecule has 1 fully saturated rings. The number of nitrogens with one attached hydrogen (secondary N) is 1. The van der Waals surface area contributed by atoms with E-state index >= 15 is 0 Å². The first-order chi connectivity index (χ1) is 8.50. The monoisotopic (exact) mass is 270 g/mol. The highest BCUT2D eigenvalue weighted by atomic mass is 16.6. The highest BCUT2D eigenvalue weighted by molar-refractivity contribution is 5.68. The third kappa shape index (κ3) is 4.68. The molecule has 0 aliphatic heterocycles. The van der Waals surface area contributed by atoms with Crippen LogP contribution in [-0.4, -0.2) is 24.3 Å². The predicted octanol–water partition coefficient (Wildman–Crippen LogP) is 3.05. The fourth-order valence-electron chi connectivity index (χ4n) is 2.84. The normalized spacial score (nSPS) is 19.7. The SMILES string of the molecule is CC(C)(C)OC(=O)NC(C(C)(C)C)C1(CCN)CC1. The number of amides is 1. The number of hydrogen-bond acceptors (Lipinski definition) is 3. The fourth-order valence-corrected chi connectivity index (χ4v) is 2.84. The molecule has 0 radical (unpaired) electrons. The number of nitrogens with two attached hydrogens (primary N) is 1. The maximum Gasteiger partial charge on any atom is 0.407 e. The largest absolute Gasteiger partial charge is 0.444 e. The Labute approximate surface area is 117 Å². The van der Waals surface area contributed by atoms with Crippen LogP contribution in [0.25, 0.3) is 0 Å². The minimum Gasteiger partial charge on any atom is -0.444 e. The molecule has 0 heterocycles. The number of carbonyl (C=O) groups is 1. The van der Waals surface area contributed by atoms with Gasteiger partial charge >= 0.3 is 6.09 Å². The quantitative estimate of drug-likeness (QED) is 0.825. The molecule has 1 aliphatic rings. The van der Waals surface area contributed by atoms with Crippen molar-refractivity contribution in [1.82, 2.24) is 5.32 Å². The van der Waals surface area contributed by atoms with Gasteiger partial charge < -0.3 is 15.8 Å². The van der Waals surface area contributed by atoms with E-state index < -0.39 is 5.60 Å². The maximum absolute atomic E-state index is 12.0. The summed E-state index contributed by atoms with van der Waals surface area (Å²) >= 11 is 0. The Bertz CT molecular complexity index is 322. The van der Waals surface area contributed by atoms with E-state index in [9.17, 15) is 4.79 Å². The first-order valence-electron chi connectivity index (χ1n) is 7.20. The van der Waals surface area contributed by atoms with E-state index in [4.69, 9.17) is 10.5 Å². The van der Waals surface area contributed by atoms with E-state index in [1.54, 1.807) is 0 Å². The molecule has 1 rings (SSSR count). The summed E-state index contributed by atoms with van der Waals surface area (Å²) in [5.74, 6) is 0. The van der Waals surface area contributed by atoms with E-state index in [1.165, 1.54) is 0 Å². The summed E-state index contributed by atoms with van der Waals surface area (Å²) in [4.78, 5) is 12.0. The van der Waals surface area contributed by atoms with Crippen LogP contribution in [-0.2, 0) is 4.74 Å². The average Bonchev–Trinajstić information content (AvgIpc) is 2.91. The zero-order valence-corrected chi connectivity index (χ0v) is 13.3. The van der Waals surface area contributed by atoms with Gasteiger partial charge in [-0.3, -0.25) is 0 Å². The molecule has 4 nitrogen and oxygen atoms in total. The summed E-state index contributed by atoms with van der Waals surface area (Å²) in [6.07, 6.45) is 2.92. The third-order valence-corrected chi connectivity index (χ3v) is 3.67. The van der Waals surface area contributed by atoms with Crippen molar-refractivity contribution < 1.29 is 9.53 Å². The van der Waals surface area contributed by atoms with Crippen molar-refractivity contribution in [3.8, 4) is 0 Å². The molecule has 1 amide bonds. The Kier molecular flexibility index (Phi) is 4.55. The van der Waals surface area contributed by atoms with Crippen LogP contribution in [0.5, 0.6) is 0 Å². The lowest BCUT2D eigenvalue weighted by atomic mass is 9.75. The van der Waals surface area contributed by atoms with Crippen molar-refractivity contribution in [1.29, 1.82) is 0 Å². The minimum absolute atomic E-state index is 0.00255. The number of ether oxygens (including phenoxy) is 1. The van der Waals surface area contributed by atoms with Crippen molar-refractivity contribution in [3.05, 3.63) is 0 Å². The number of carbonyl (C=O) groups excluding carboxylic acids is 1. The maximum atomic E-state index is 12.0. The Hall–Kier alpha value is -0.770. The second kappa shape index (κ2) is 5.31. The summed E-state index contributed by atoms with van der Waals surface area (Å²) in [5.41, 5.74) is 5.44. The molecule has 4 heteroatoms. The van der Waals surface area contributed by atoms with Gasteiger partial charge in [-0.05, 0) is 57.4 Å². The van der Waals surface area contributed by atoms with Gasteiger partial charge in [0.1, 0.15) is 5.60 Å². The van der Waals surface area contributed by atoms with Crippen LogP contribution < -0.4 is 11.1 Å². The van der Waals surface area contributed by atoms with Gasteiger partial charge in [-0.1, -0.05) is 20.8 Å². The Morgan fingerprint density at radius 2 is 1.79 bits per heavy atom. The second-order valence-electron chi connectivity index (χ2n) is 7.85. The predicted molar refractivity (Wildman–Crippen MR) is 78.0 cm³/mol. The molecule has 1 unspecified atom stereocenters. The van der Waals surface area contributed by atoms with Crippen LogP contribution in [0, 0.1) is 10.8 Å². The van der Waals surface area contributed by atoms with Crippen LogP contribution in [0.15, 0.2) is 0 Å². The van der Waals surface area contributed by atoms with Crippen LogP contribution in [0.3, 0.4) is 0 Å². The lowest BCUT2D eigenvalue weighted by molar-refractivity contribution is 0.0404. The number of hydrogen-bond donors (Lipinski definition) is 2. The highest BCUT2D eigenvalue weighted by Crippen LogP contribution is 2.55. The molecule has 0 aromatic carbocycles. The van der Waals surface area contributed by atoms with Gasteiger partial charge in [0, 0.05) is 6.04 Å². The first-order valence-corrected chi connectivity index (χ1v) is 7.20. The van der Waals surface area contributed by atoms with Crippen molar-refractivity contribution >= 4 is 6.09 Å². The van der Waals surface area contributed by atoms with E-state index in [0.717, 1.165) is 19.3 Å². The molecule has 0 saturated heterocycles. The van der Waals surface area contributed by atoms with Crippen LogP contribution in [0.2, 0.25) is 0 Å². The van der Waals surface area contributed by atoms with Crippen molar-refractivity contribution in [2.75, 3.05) is 6.54 Å². The van der Waals surface area contributed by atoms with E-state index in [1.807, 2.05) is 20.8 Å². The number of alkyl carbamates (subject to hydrolysis) is 1. The van der Waals surface area contributed by atoms with Crippen LogP contribution in [0.4, 0.5) is 4.79 Å². The van der Waals surface area contributed by atoms with Crippen LogP contribution >= 0.6 is 0 Å². The molecule has 1 atom stereocenters. The summed E-state index contributed by atoms with van der Waals surface area (Å²) in [7, 11) is 0. The Balaban J connectivity index is 2.75. The van der Waals surface area contributed by atoms with Gasteiger partial charge in [0.25, 0.3) is 0 Å². The third-order valence-electron chi connectivity index (χ3n) is 3.67. The zero-order chi connectivity index (χ0) is 14.9. The molecule has 0 aromatic rings. The zero-order valence-electron chi connectivity index (χ0n) is 13.3. The van der Waals surface area contributed by atoms with E-state index in [2.05, 4.69) is 26.1 Å². The molecule has 0 aromatic heterocycles. The summed E-state index contributed by atoms with van der Waals surface area (Å²) < 4.78 is 5.38.